The molecular weight excluding hydrogens is 258 g/mol. The first kappa shape index (κ1) is 12.1. The standard InChI is InChI=1S/C18H15N3/c1-11-5-6-15-14(10-11)17(12(2)21-15)13-7-9-19-16-4-3-8-20-18(13)16/h3-10,21H,1-2H3. The molecule has 0 fully saturated rings. The second-order valence-corrected chi connectivity index (χ2v) is 5.40. The summed E-state index contributed by atoms with van der Waals surface area (Å²) < 4.78 is 0. The average Bonchev–Trinajstić information content (AvgIpc) is 2.82. The zero-order chi connectivity index (χ0) is 14.4. The first-order chi connectivity index (χ1) is 10.2. The number of benzene rings is 1. The van der Waals surface area contributed by atoms with E-state index in [9.17, 15) is 0 Å². The minimum absolute atomic E-state index is 0.927. The lowest BCUT2D eigenvalue weighted by atomic mass is 10.0. The maximum absolute atomic E-state index is 4.53. The molecule has 0 aliphatic carbocycles. The Hall–Kier alpha value is -2.68. The van der Waals surface area contributed by atoms with E-state index in [2.05, 4.69) is 47.0 Å². The molecule has 0 saturated carbocycles. The predicted octanol–water partition coefficient (Wildman–Crippen LogP) is 4.39. The van der Waals surface area contributed by atoms with Gasteiger partial charge in [0.15, 0.2) is 0 Å². The Morgan fingerprint density at radius 1 is 0.952 bits per heavy atom. The number of hydrogen-bond acceptors (Lipinski definition) is 2. The molecule has 0 spiro atoms. The SMILES string of the molecule is Cc1ccc2[nH]c(C)c(-c3ccnc4cccnc34)c2c1. The van der Waals surface area contributed by atoms with Gasteiger partial charge in [0.05, 0.1) is 11.0 Å². The number of pyridine rings is 2. The van der Waals surface area contributed by atoms with Gasteiger partial charge in [-0.2, -0.15) is 0 Å². The Morgan fingerprint density at radius 2 is 1.86 bits per heavy atom. The van der Waals surface area contributed by atoms with Gasteiger partial charge < -0.3 is 4.98 Å². The molecule has 0 aliphatic heterocycles. The van der Waals surface area contributed by atoms with Crippen LogP contribution in [0, 0.1) is 13.8 Å². The van der Waals surface area contributed by atoms with Crippen molar-refractivity contribution >= 4 is 21.9 Å². The van der Waals surface area contributed by atoms with Crippen molar-refractivity contribution in [3.8, 4) is 11.1 Å². The number of aromatic amines is 1. The smallest absolute Gasteiger partial charge is 0.0965 e. The highest BCUT2D eigenvalue weighted by atomic mass is 14.8. The molecule has 0 saturated heterocycles. The maximum Gasteiger partial charge on any atom is 0.0965 e. The van der Waals surface area contributed by atoms with E-state index in [-0.39, 0.29) is 0 Å². The van der Waals surface area contributed by atoms with Crippen LogP contribution in [0.15, 0.2) is 48.8 Å². The van der Waals surface area contributed by atoms with Gasteiger partial charge in [0.25, 0.3) is 0 Å². The van der Waals surface area contributed by atoms with Crippen molar-refractivity contribution < 1.29 is 0 Å². The Balaban J connectivity index is 2.14. The monoisotopic (exact) mass is 273 g/mol. The summed E-state index contributed by atoms with van der Waals surface area (Å²) in [6.45, 7) is 4.23. The molecule has 3 nitrogen and oxygen atoms in total. The van der Waals surface area contributed by atoms with E-state index in [1.165, 1.54) is 16.5 Å². The van der Waals surface area contributed by atoms with Gasteiger partial charge in [-0.15, -0.1) is 0 Å². The Morgan fingerprint density at radius 3 is 2.76 bits per heavy atom. The summed E-state index contributed by atoms with van der Waals surface area (Å²) in [6.07, 6.45) is 3.68. The van der Waals surface area contributed by atoms with Crippen LogP contribution in [0.5, 0.6) is 0 Å². The summed E-state index contributed by atoms with van der Waals surface area (Å²) in [5, 5.41) is 1.24. The first-order valence-electron chi connectivity index (χ1n) is 7.03. The molecule has 0 bridgehead atoms. The number of rotatable bonds is 1. The number of aromatic nitrogens is 3. The fraction of sp³-hybridized carbons (Fsp3) is 0.111. The molecular formula is C18H15N3. The van der Waals surface area contributed by atoms with Crippen LogP contribution in [0.2, 0.25) is 0 Å². The van der Waals surface area contributed by atoms with Crippen LogP contribution in [0.1, 0.15) is 11.3 Å². The van der Waals surface area contributed by atoms with Gasteiger partial charge in [-0.3, -0.25) is 9.97 Å². The highest BCUT2D eigenvalue weighted by Gasteiger charge is 2.14. The molecule has 0 radical (unpaired) electrons. The van der Waals surface area contributed by atoms with Crippen LogP contribution in [0.3, 0.4) is 0 Å². The molecule has 0 aliphatic rings. The number of aryl methyl sites for hydroxylation is 2. The summed E-state index contributed by atoms with van der Waals surface area (Å²) in [6, 6.07) is 12.5. The van der Waals surface area contributed by atoms with E-state index >= 15 is 0 Å². The van der Waals surface area contributed by atoms with Crippen molar-refractivity contribution in [1.82, 2.24) is 15.0 Å². The second-order valence-electron chi connectivity index (χ2n) is 5.40. The lowest BCUT2D eigenvalue weighted by molar-refractivity contribution is 1.29. The molecule has 3 aromatic heterocycles. The highest BCUT2D eigenvalue weighted by molar-refractivity contribution is 6.04. The van der Waals surface area contributed by atoms with Crippen LogP contribution in [0.25, 0.3) is 33.1 Å². The number of hydrogen-bond donors (Lipinski definition) is 1. The molecule has 1 aromatic carbocycles. The number of nitrogens with one attached hydrogen (secondary N) is 1. The van der Waals surface area contributed by atoms with Gasteiger partial charge in [-0.05, 0) is 44.2 Å². The molecule has 3 heterocycles. The minimum Gasteiger partial charge on any atom is -0.358 e. The Labute approximate surface area is 122 Å². The zero-order valence-electron chi connectivity index (χ0n) is 12.0. The third kappa shape index (κ3) is 1.82. The van der Waals surface area contributed by atoms with Crippen molar-refractivity contribution in [3.05, 3.63) is 60.0 Å². The van der Waals surface area contributed by atoms with Crippen LogP contribution < -0.4 is 0 Å². The largest absolute Gasteiger partial charge is 0.358 e. The van der Waals surface area contributed by atoms with Crippen molar-refractivity contribution in [2.75, 3.05) is 0 Å². The molecule has 21 heavy (non-hydrogen) atoms. The lowest BCUT2D eigenvalue weighted by Crippen LogP contribution is -1.88. The van der Waals surface area contributed by atoms with Crippen molar-refractivity contribution in [1.29, 1.82) is 0 Å². The number of H-pyrrole nitrogens is 1. The van der Waals surface area contributed by atoms with Gasteiger partial charge in [-0.1, -0.05) is 11.6 Å². The van der Waals surface area contributed by atoms with Gasteiger partial charge in [0.2, 0.25) is 0 Å². The number of nitrogens with zero attached hydrogens (tertiary/aromatic N) is 2. The van der Waals surface area contributed by atoms with Gasteiger partial charge >= 0.3 is 0 Å². The third-order valence-corrected chi connectivity index (χ3v) is 3.91. The van der Waals surface area contributed by atoms with E-state index in [1.54, 1.807) is 0 Å². The molecule has 3 heteroatoms. The first-order valence-corrected chi connectivity index (χ1v) is 7.03. The van der Waals surface area contributed by atoms with Gasteiger partial charge in [0.1, 0.15) is 0 Å². The molecule has 4 aromatic rings. The summed E-state index contributed by atoms with van der Waals surface area (Å²) in [5.74, 6) is 0. The van der Waals surface area contributed by atoms with E-state index in [1.807, 2.05) is 30.6 Å². The predicted molar refractivity (Wildman–Crippen MR) is 86.3 cm³/mol. The van der Waals surface area contributed by atoms with Crippen LogP contribution in [-0.2, 0) is 0 Å². The van der Waals surface area contributed by atoms with Crippen LogP contribution >= 0.6 is 0 Å². The van der Waals surface area contributed by atoms with Gasteiger partial charge in [-0.25, -0.2) is 0 Å². The Bertz CT molecular complexity index is 961. The van der Waals surface area contributed by atoms with Gasteiger partial charge in [0, 0.05) is 40.1 Å². The fourth-order valence-electron chi connectivity index (χ4n) is 2.97. The minimum atomic E-state index is 0.927. The Kier molecular flexibility index (Phi) is 2.54. The fourth-order valence-corrected chi connectivity index (χ4v) is 2.97. The summed E-state index contributed by atoms with van der Waals surface area (Å²) in [7, 11) is 0. The van der Waals surface area contributed by atoms with Crippen molar-refractivity contribution in [2.45, 2.75) is 13.8 Å². The second kappa shape index (κ2) is 4.42. The van der Waals surface area contributed by atoms with Crippen molar-refractivity contribution in [2.24, 2.45) is 0 Å². The molecule has 1 N–H and O–H groups in total. The van der Waals surface area contributed by atoms with E-state index in [0.29, 0.717) is 0 Å². The van der Waals surface area contributed by atoms with E-state index in [4.69, 9.17) is 0 Å². The molecule has 0 unspecified atom stereocenters. The van der Waals surface area contributed by atoms with Crippen LogP contribution in [0.4, 0.5) is 0 Å². The summed E-state index contributed by atoms with van der Waals surface area (Å²) in [5.41, 5.74) is 7.81. The van der Waals surface area contributed by atoms with Crippen LogP contribution in [-0.4, -0.2) is 15.0 Å². The topological polar surface area (TPSA) is 41.6 Å². The average molecular weight is 273 g/mol. The molecule has 102 valence electrons. The third-order valence-electron chi connectivity index (χ3n) is 3.91. The van der Waals surface area contributed by atoms with E-state index < -0.39 is 0 Å². The molecule has 0 amide bonds. The quantitative estimate of drug-likeness (QED) is 0.558. The summed E-state index contributed by atoms with van der Waals surface area (Å²) >= 11 is 0. The van der Waals surface area contributed by atoms with Crippen molar-refractivity contribution in [3.63, 3.8) is 0 Å². The van der Waals surface area contributed by atoms with E-state index in [0.717, 1.165) is 27.8 Å². The molecule has 0 atom stereocenters. The zero-order valence-corrected chi connectivity index (χ0v) is 12.0. The number of fused-ring (bicyclic) bond motifs is 2. The highest BCUT2D eigenvalue weighted by Crippen LogP contribution is 2.35. The normalized spacial score (nSPS) is 11.3. The summed E-state index contributed by atoms with van der Waals surface area (Å²) in [4.78, 5) is 12.4. The maximum atomic E-state index is 4.53. The lowest BCUT2D eigenvalue weighted by Gasteiger charge is -2.06. The molecule has 4 rings (SSSR count).